The minimum Gasteiger partial charge on any atom is -0.459 e. The Bertz CT molecular complexity index is 766. The van der Waals surface area contributed by atoms with Gasteiger partial charge in [0.1, 0.15) is 17.0 Å². The van der Waals surface area contributed by atoms with Gasteiger partial charge in [-0.15, -0.1) is 23.7 Å². The molecule has 0 aliphatic heterocycles. The zero-order valence-electron chi connectivity index (χ0n) is 12.7. The van der Waals surface area contributed by atoms with Gasteiger partial charge in [-0.25, -0.2) is 4.98 Å². The molecule has 2 N–H and O–H groups in total. The molecule has 0 bridgehead atoms. The molecule has 0 saturated carbocycles. The van der Waals surface area contributed by atoms with Crippen molar-refractivity contribution < 1.29 is 9.21 Å². The number of thiazole rings is 1. The number of rotatable bonds is 5. The summed E-state index contributed by atoms with van der Waals surface area (Å²) in [7, 11) is 1.75. The van der Waals surface area contributed by atoms with Crippen molar-refractivity contribution in [1.29, 1.82) is 0 Å². The van der Waals surface area contributed by atoms with Crippen LogP contribution in [0.2, 0.25) is 0 Å². The molecule has 0 aliphatic rings. The van der Waals surface area contributed by atoms with Crippen molar-refractivity contribution in [2.24, 2.45) is 5.73 Å². The van der Waals surface area contributed by atoms with Gasteiger partial charge in [0.15, 0.2) is 0 Å². The number of carbonyl (C=O) groups is 1. The summed E-state index contributed by atoms with van der Waals surface area (Å²) in [6.07, 6.45) is 0.700. The molecular formula is C16H18ClN3O2S. The standard InChI is InChI=1S/C16H17N3O2S.ClH/c1-19(16(20)13-10-22-15(18-13)6-7-17)9-12-8-11-4-2-3-5-14(11)21-12;/h2-5,8,10H,6-7,9,17H2,1H3;1H. The summed E-state index contributed by atoms with van der Waals surface area (Å²) in [5.41, 5.74) is 6.80. The third-order valence-electron chi connectivity index (χ3n) is 3.35. The topological polar surface area (TPSA) is 72.4 Å². The molecule has 1 amide bonds. The van der Waals surface area contributed by atoms with Gasteiger partial charge in [0, 0.05) is 24.2 Å². The molecule has 2 heterocycles. The highest BCUT2D eigenvalue weighted by Gasteiger charge is 2.17. The Kier molecular flexibility index (Phi) is 5.76. The molecule has 5 nitrogen and oxygen atoms in total. The number of fused-ring (bicyclic) bond motifs is 1. The zero-order chi connectivity index (χ0) is 15.5. The van der Waals surface area contributed by atoms with E-state index in [0.717, 1.165) is 21.7 Å². The Morgan fingerprint density at radius 1 is 1.39 bits per heavy atom. The minimum absolute atomic E-state index is 0. The Balaban J connectivity index is 0.00000192. The fourth-order valence-electron chi connectivity index (χ4n) is 2.26. The molecule has 7 heteroatoms. The fraction of sp³-hybridized carbons (Fsp3) is 0.250. The van der Waals surface area contributed by atoms with Gasteiger partial charge in [0.25, 0.3) is 5.91 Å². The molecule has 23 heavy (non-hydrogen) atoms. The van der Waals surface area contributed by atoms with Crippen LogP contribution in [-0.2, 0) is 13.0 Å². The third kappa shape index (κ3) is 3.90. The molecule has 0 saturated heterocycles. The molecule has 0 unspecified atom stereocenters. The summed E-state index contributed by atoms with van der Waals surface area (Å²) < 4.78 is 5.74. The summed E-state index contributed by atoms with van der Waals surface area (Å²) in [6, 6.07) is 9.76. The maximum Gasteiger partial charge on any atom is 0.273 e. The van der Waals surface area contributed by atoms with Gasteiger partial charge >= 0.3 is 0 Å². The van der Waals surface area contributed by atoms with Crippen LogP contribution in [0.4, 0.5) is 0 Å². The van der Waals surface area contributed by atoms with E-state index in [1.54, 1.807) is 17.3 Å². The van der Waals surface area contributed by atoms with Crippen molar-refractivity contribution in [2.75, 3.05) is 13.6 Å². The highest BCUT2D eigenvalue weighted by molar-refractivity contribution is 7.09. The second kappa shape index (κ2) is 7.59. The van der Waals surface area contributed by atoms with Crippen LogP contribution >= 0.6 is 23.7 Å². The first-order valence-electron chi connectivity index (χ1n) is 7.05. The van der Waals surface area contributed by atoms with Crippen LogP contribution in [0, 0.1) is 0 Å². The molecule has 3 aromatic rings. The Hall–Kier alpha value is -1.89. The summed E-state index contributed by atoms with van der Waals surface area (Å²) in [6.45, 7) is 0.952. The number of carbonyl (C=O) groups excluding carboxylic acids is 1. The number of para-hydroxylation sites is 1. The van der Waals surface area contributed by atoms with Crippen molar-refractivity contribution in [3.63, 3.8) is 0 Å². The first kappa shape index (κ1) is 17.5. The number of benzene rings is 1. The number of furan rings is 1. The molecule has 1 aromatic carbocycles. The van der Waals surface area contributed by atoms with E-state index in [2.05, 4.69) is 4.98 Å². The van der Waals surface area contributed by atoms with Crippen LogP contribution in [-0.4, -0.2) is 29.4 Å². The van der Waals surface area contributed by atoms with Gasteiger partial charge < -0.3 is 15.1 Å². The quantitative estimate of drug-likeness (QED) is 0.766. The van der Waals surface area contributed by atoms with Gasteiger partial charge in [-0.1, -0.05) is 18.2 Å². The summed E-state index contributed by atoms with van der Waals surface area (Å²) in [5, 5.41) is 3.71. The predicted molar refractivity (Wildman–Crippen MR) is 94.1 cm³/mol. The van der Waals surface area contributed by atoms with Crippen LogP contribution in [0.25, 0.3) is 11.0 Å². The lowest BCUT2D eigenvalue weighted by Crippen LogP contribution is -2.26. The van der Waals surface area contributed by atoms with Crippen LogP contribution in [0.1, 0.15) is 21.3 Å². The van der Waals surface area contributed by atoms with Gasteiger partial charge in [0.2, 0.25) is 0 Å². The zero-order valence-corrected chi connectivity index (χ0v) is 14.3. The van der Waals surface area contributed by atoms with E-state index in [1.165, 1.54) is 11.3 Å². The van der Waals surface area contributed by atoms with Crippen molar-refractivity contribution in [2.45, 2.75) is 13.0 Å². The monoisotopic (exact) mass is 351 g/mol. The Morgan fingerprint density at radius 2 is 2.17 bits per heavy atom. The van der Waals surface area contributed by atoms with Crippen LogP contribution in [0.3, 0.4) is 0 Å². The first-order chi connectivity index (χ1) is 10.7. The molecule has 122 valence electrons. The van der Waals surface area contributed by atoms with Gasteiger partial charge in [-0.3, -0.25) is 4.79 Å². The SMILES string of the molecule is CN(Cc1cc2ccccc2o1)C(=O)c1csc(CCN)n1.Cl. The number of halogens is 1. The van der Waals surface area contributed by atoms with E-state index >= 15 is 0 Å². The number of hydrogen-bond acceptors (Lipinski definition) is 5. The second-order valence-corrected chi connectivity index (χ2v) is 6.02. The lowest BCUT2D eigenvalue weighted by Gasteiger charge is -2.13. The number of nitrogens with two attached hydrogens (primary N) is 1. The number of nitrogens with zero attached hydrogens (tertiary/aromatic N) is 2. The predicted octanol–water partition coefficient (Wildman–Crippen LogP) is 3.08. The smallest absolute Gasteiger partial charge is 0.273 e. The summed E-state index contributed by atoms with van der Waals surface area (Å²) in [5.74, 6) is 0.648. The Morgan fingerprint density at radius 3 is 2.91 bits per heavy atom. The highest BCUT2D eigenvalue weighted by Crippen LogP contribution is 2.20. The average molecular weight is 352 g/mol. The molecule has 2 aromatic heterocycles. The maximum absolute atomic E-state index is 12.4. The summed E-state index contributed by atoms with van der Waals surface area (Å²) in [4.78, 5) is 18.3. The second-order valence-electron chi connectivity index (χ2n) is 5.08. The molecule has 3 rings (SSSR count). The molecule has 0 radical (unpaired) electrons. The van der Waals surface area contributed by atoms with E-state index in [0.29, 0.717) is 25.2 Å². The first-order valence-corrected chi connectivity index (χ1v) is 7.92. The van der Waals surface area contributed by atoms with E-state index in [4.69, 9.17) is 10.2 Å². The van der Waals surface area contributed by atoms with E-state index < -0.39 is 0 Å². The lowest BCUT2D eigenvalue weighted by molar-refractivity contribution is 0.0771. The largest absolute Gasteiger partial charge is 0.459 e. The van der Waals surface area contributed by atoms with E-state index in [1.807, 2.05) is 30.3 Å². The Labute approximate surface area is 144 Å². The molecule has 0 spiro atoms. The van der Waals surface area contributed by atoms with Gasteiger partial charge in [-0.05, 0) is 18.7 Å². The van der Waals surface area contributed by atoms with Crippen LogP contribution in [0.15, 0.2) is 40.1 Å². The molecule has 0 atom stereocenters. The summed E-state index contributed by atoms with van der Waals surface area (Å²) >= 11 is 1.47. The van der Waals surface area contributed by atoms with Gasteiger partial charge in [-0.2, -0.15) is 0 Å². The highest BCUT2D eigenvalue weighted by atomic mass is 35.5. The number of amides is 1. The third-order valence-corrected chi connectivity index (χ3v) is 4.25. The minimum atomic E-state index is -0.111. The molecular weight excluding hydrogens is 334 g/mol. The van der Waals surface area contributed by atoms with Crippen molar-refractivity contribution in [3.8, 4) is 0 Å². The van der Waals surface area contributed by atoms with Crippen molar-refractivity contribution >= 4 is 40.6 Å². The van der Waals surface area contributed by atoms with E-state index in [9.17, 15) is 4.79 Å². The van der Waals surface area contributed by atoms with E-state index in [-0.39, 0.29) is 18.3 Å². The molecule has 0 aliphatic carbocycles. The normalized spacial score (nSPS) is 10.5. The van der Waals surface area contributed by atoms with Crippen molar-refractivity contribution in [3.05, 3.63) is 52.2 Å². The number of aromatic nitrogens is 1. The number of hydrogen-bond donors (Lipinski definition) is 1. The maximum atomic E-state index is 12.4. The average Bonchev–Trinajstić information content (AvgIpc) is 3.12. The van der Waals surface area contributed by atoms with Crippen LogP contribution in [0.5, 0.6) is 0 Å². The van der Waals surface area contributed by atoms with Crippen LogP contribution < -0.4 is 5.73 Å². The van der Waals surface area contributed by atoms with Gasteiger partial charge in [0.05, 0.1) is 11.6 Å². The fourth-order valence-corrected chi connectivity index (χ4v) is 3.05. The molecule has 0 fully saturated rings. The lowest BCUT2D eigenvalue weighted by atomic mass is 10.2. The van der Waals surface area contributed by atoms with Crippen molar-refractivity contribution in [1.82, 2.24) is 9.88 Å².